The van der Waals surface area contributed by atoms with Crippen LogP contribution in [0.3, 0.4) is 0 Å². The van der Waals surface area contributed by atoms with Crippen LogP contribution in [0.1, 0.15) is 43.1 Å². The Morgan fingerprint density at radius 3 is 2.43 bits per heavy atom. The maximum Gasteiger partial charge on any atom is 0.253 e. The first-order valence-electron chi connectivity index (χ1n) is 7.11. The molecule has 1 aromatic carbocycles. The van der Waals surface area contributed by atoms with Gasteiger partial charge in [-0.2, -0.15) is 0 Å². The number of primary sulfonamides is 1. The average molecular weight is 312 g/mol. The Bertz CT molecular complexity index is 611. The fourth-order valence-corrected chi connectivity index (χ4v) is 2.66. The molecular formula is C15H24N2O3S. The molecule has 0 radical (unpaired) electrons. The van der Waals surface area contributed by atoms with Gasteiger partial charge in [0.05, 0.1) is 4.90 Å². The molecule has 1 amide bonds. The molecule has 0 fully saturated rings. The molecular weight excluding hydrogens is 288 g/mol. The highest BCUT2D eigenvalue weighted by Gasteiger charge is 2.19. The molecule has 1 aromatic rings. The molecule has 0 aliphatic carbocycles. The van der Waals surface area contributed by atoms with Crippen molar-refractivity contribution in [3.63, 3.8) is 0 Å². The lowest BCUT2D eigenvalue weighted by molar-refractivity contribution is 0.0773. The molecule has 0 heterocycles. The molecule has 118 valence electrons. The van der Waals surface area contributed by atoms with E-state index in [0.717, 1.165) is 12.0 Å². The molecule has 0 saturated heterocycles. The molecule has 0 aliphatic heterocycles. The molecule has 1 rings (SSSR count). The van der Waals surface area contributed by atoms with Crippen molar-refractivity contribution in [2.24, 2.45) is 11.1 Å². The topological polar surface area (TPSA) is 80.5 Å². The Morgan fingerprint density at radius 2 is 1.95 bits per heavy atom. The number of hydrogen-bond acceptors (Lipinski definition) is 3. The van der Waals surface area contributed by atoms with Crippen molar-refractivity contribution in [2.45, 2.75) is 38.5 Å². The number of sulfonamides is 1. The number of benzene rings is 1. The van der Waals surface area contributed by atoms with Gasteiger partial charge in [-0.3, -0.25) is 4.79 Å². The summed E-state index contributed by atoms with van der Waals surface area (Å²) in [6, 6.07) is 4.48. The number of nitrogens with two attached hydrogens (primary N) is 1. The summed E-state index contributed by atoms with van der Waals surface area (Å²) >= 11 is 0. The summed E-state index contributed by atoms with van der Waals surface area (Å²) in [6.45, 7) is 6.71. The fraction of sp³-hybridized carbons (Fsp3) is 0.533. The van der Waals surface area contributed by atoms with Crippen LogP contribution in [0.5, 0.6) is 0 Å². The summed E-state index contributed by atoms with van der Waals surface area (Å²) in [4.78, 5) is 14.2. The molecule has 0 aliphatic rings. The van der Waals surface area contributed by atoms with Gasteiger partial charge in [-0.05, 0) is 30.0 Å². The second-order valence-electron chi connectivity index (χ2n) is 5.42. The standard InChI is InChI=1S/C15H24N2O3S/c1-5-11(3)10-17(4)15(18)14-9-13(21(16,19)20)8-7-12(14)6-2/h7-9,11H,5-6,10H2,1-4H3,(H2,16,19,20). The molecule has 6 heteroatoms. The molecule has 0 aromatic heterocycles. The van der Waals surface area contributed by atoms with Gasteiger partial charge in [0.25, 0.3) is 5.91 Å². The van der Waals surface area contributed by atoms with E-state index in [4.69, 9.17) is 5.14 Å². The van der Waals surface area contributed by atoms with Crippen molar-refractivity contribution >= 4 is 15.9 Å². The molecule has 0 spiro atoms. The first-order chi connectivity index (χ1) is 9.70. The summed E-state index contributed by atoms with van der Waals surface area (Å²) < 4.78 is 22.9. The van der Waals surface area contributed by atoms with Gasteiger partial charge in [0, 0.05) is 19.2 Å². The third-order valence-corrected chi connectivity index (χ3v) is 4.56. The number of carbonyl (C=O) groups is 1. The summed E-state index contributed by atoms with van der Waals surface area (Å²) in [6.07, 6.45) is 1.64. The van der Waals surface area contributed by atoms with Gasteiger partial charge in [0.1, 0.15) is 0 Å². The summed E-state index contributed by atoms with van der Waals surface area (Å²) in [7, 11) is -2.07. The fourth-order valence-electron chi connectivity index (χ4n) is 2.13. The van der Waals surface area contributed by atoms with Gasteiger partial charge in [0.15, 0.2) is 0 Å². The maximum absolute atomic E-state index is 12.5. The van der Waals surface area contributed by atoms with E-state index in [-0.39, 0.29) is 10.8 Å². The Kier molecular flexibility index (Phi) is 5.92. The molecule has 2 N–H and O–H groups in total. The first kappa shape index (κ1) is 17.7. The zero-order valence-corrected chi connectivity index (χ0v) is 13.9. The van der Waals surface area contributed by atoms with E-state index in [2.05, 4.69) is 13.8 Å². The Hall–Kier alpha value is -1.40. The van der Waals surface area contributed by atoms with Crippen molar-refractivity contribution in [3.8, 4) is 0 Å². The quantitative estimate of drug-likeness (QED) is 0.872. The van der Waals surface area contributed by atoms with Crippen LogP contribution in [0.4, 0.5) is 0 Å². The van der Waals surface area contributed by atoms with Crippen molar-refractivity contribution in [2.75, 3.05) is 13.6 Å². The third-order valence-electron chi connectivity index (χ3n) is 3.65. The second-order valence-corrected chi connectivity index (χ2v) is 6.98. The molecule has 5 nitrogen and oxygen atoms in total. The highest BCUT2D eigenvalue weighted by atomic mass is 32.2. The van der Waals surface area contributed by atoms with Gasteiger partial charge in [-0.15, -0.1) is 0 Å². The van der Waals surface area contributed by atoms with Crippen molar-refractivity contribution < 1.29 is 13.2 Å². The summed E-state index contributed by atoms with van der Waals surface area (Å²) in [5.41, 5.74) is 1.23. The predicted octanol–water partition coefficient (Wildman–Crippen LogP) is 2.01. The van der Waals surface area contributed by atoms with Gasteiger partial charge in [-0.25, -0.2) is 13.6 Å². The van der Waals surface area contributed by atoms with Crippen molar-refractivity contribution in [3.05, 3.63) is 29.3 Å². The lowest BCUT2D eigenvalue weighted by atomic mass is 10.0. The normalized spacial score (nSPS) is 13.0. The largest absolute Gasteiger partial charge is 0.341 e. The maximum atomic E-state index is 12.5. The van der Waals surface area contributed by atoms with E-state index in [1.165, 1.54) is 12.1 Å². The van der Waals surface area contributed by atoms with Crippen LogP contribution in [0, 0.1) is 5.92 Å². The minimum atomic E-state index is -3.81. The third kappa shape index (κ3) is 4.54. The number of amides is 1. The number of rotatable bonds is 6. The van der Waals surface area contributed by atoms with Crippen molar-refractivity contribution in [1.82, 2.24) is 4.90 Å². The Balaban J connectivity index is 3.17. The van der Waals surface area contributed by atoms with Gasteiger partial charge in [-0.1, -0.05) is 33.3 Å². The zero-order valence-electron chi connectivity index (χ0n) is 13.1. The molecule has 1 unspecified atom stereocenters. The summed E-state index contributed by atoms with van der Waals surface area (Å²) in [5.74, 6) is 0.225. The monoisotopic (exact) mass is 312 g/mol. The number of hydrogen-bond donors (Lipinski definition) is 1. The van der Waals surface area contributed by atoms with E-state index >= 15 is 0 Å². The van der Waals surface area contributed by atoms with E-state index in [9.17, 15) is 13.2 Å². The van der Waals surface area contributed by atoms with E-state index in [0.29, 0.717) is 24.4 Å². The van der Waals surface area contributed by atoms with Gasteiger partial charge in [0.2, 0.25) is 10.0 Å². The molecule has 21 heavy (non-hydrogen) atoms. The molecule has 0 saturated carbocycles. The van der Waals surface area contributed by atoms with Crippen LogP contribution in [-0.4, -0.2) is 32.8 Å². The van der Waals surface area contributed by atoms with Crippen LogP contribution in [0.25, 0.3) is 0 Å². The number of carbonyl (C=O) groups excluding carboxylic acids is 1. The lowest BCUT2D eigenvalue weighted by Crippen LogP contribution is -2.31. The van der Waals surface area contributed by atoms with E-state index in [1.54, 1.807) is 18.0 Å². The minimum Gasteiger partial charge on any atom is -0.341 e. The molecule has 0 bridgehead atoms. The molecule has 1 atom stereocenters. The number of aryl methyl sites for hydroxylation is 1. The van der Waals surface area contributed by atoms with Crippen molar-refractivity contribution in [1.29, 1.82) is 0 Å². The smallest absolute Gasteiger partial charge is 0.253 e. The summed E-state index contributed by atoms with van der Waals surface area (Å²) in [5, 5.41) is 5.14. The zero-order chi connectivity index (χ0) is 16.2. The van der Waals surface area contributed by atoms with Crippen LogP contribution in [-0.2, 0) is 16.4 Å². The van der Waals surface area contributed by atoms with E-state index in [1.807, 2.05) is 6.92 Å². The highest BCUT2D eigenvalue weighted by molar-refractivity contribution is 7.89. The Labute approximate surface area is 127 Å². The van der Waals surface area contributed by atoms with Gasteiger partial charge >= 0.3 is 0 Å². The van der Waals surface area contributed by atoms with Gasteiger partial charge < -0.3 is 4.90 Å². The minimum absolute atomic E-state index is 0.0278. The van der Waals surface area contributed by atoms with Crippen LogP contribution in [0.2, 0.25) is 0 Å². The SMILES string of the molecule is CCc1ccc(S(N)(=O)=O)cc1C(=O)N(C)CC(C)CC. The predicted molar refractivity (Wildman–Crippen MR) is 83.6 cm³/mol. The van der Waals surface area contributed by atoms with E-state index < -0.39 is 10.0 Å². The van der Waals surface area contributed by atoms with Crippen LogP contribution >= 0.6 is 0 Å². The first-order valence-corrected chi connectivity index (χ1v) is 8.66. The Morgan fingerprint density at radius 1 is 1.33 bits per heavy atom. The second kappa shape index (κ2) is 7.04. The van der Waals surface area contributed by atoms with Crippen LogP contribution < -0.4 is 5.14 Å². The number of nitrogens with zero attached hydrogens (tertiary/aromatic N) is 1. The average Bonchev–Trinajstić information content (AvgIpc) is 2.44. The van der Waals surface area contributed by atoms with Crippen LogP contribution in [0.15, 0.2) is 23.1 Å². The highest BCUT2D eigenvalue weighted by Crippen LogP contribution is 2.18. The lowest BCUT2D eigenvalue weighted by Gasteiger charge is -2.22.